The monoisotopic (exact) mass is 395 g/mol. The summed E-state index contributed by atoms with van der Waals surface area (Å²) < 4.78 is 0. The minimum absolute atomic E-state index is 0.814. The van der Waals surface area contributed by atoms with Crippen LogP contribution in [0.4, 0.5) is 0 Å². The van der Waals surface area contributed by atoms with Crippen LogP contribution in [-0.2, 0) is 4.79 Å². The lowest BCUT2D eigenvalue weighted by molar-refractivity contribution is -0.131. The van der Waals surface area contributed by atoms with Gasteiger partial charge in [0.2, 0.25) is 0 Å². The van der Waals surface area contributed by atoms with E-state index in [2.05, 4.69) is 29.3 Å². The molecule has 0 saturated carbocycles. The number of nitrogens with one attached hydrogen (secondary N) is 1. The van der Waals surface area contributed by atoms with Crippen molar-refractivity contribution in [2.75, 3.05) is 0 Å². The van der Waals surface area contributed by atoms with Gasteiger partial charge in [-0.05, 0) is 46.9 Å². The third-order valence-corrected chi connectivity index (χ3v) is 4.95. The van der Waals surface area contributed by atoms with Crippen LogP contribution >= 0.6 is 0 Å². The quantitative estimate of drug-likeness (QED) is 0.337. The zero-order chi connectivity index (χ0) is 20.9. The van der Waals surface area contributed by atoms with Crippen molar-refractivity contribution in [2.45, 2.75) is 13.3 Å². The molecule has 30 heavy (non-hydrogen) atoms. The smallest absolute Gasteiger partial charge is 0.328 e. The first-order valence-corrected chi connectivity index (χ1v) is 9.76. The van der Waals surface area contributed by atoms with Crippen LogP contribution in [0.2, 0.25) is 0 Å². The van der Waals surface area contributed by atoms with Crippen molar-refractivity contribution in [3.05, 3.63) is 101 Å². The first-order chi connectivity index (χ1) is 14.7. The van der Waals surface area contributed by atoms with Crippen LogP contribution in [0.15, 0.2) is 79.0 Å². The molecule has 0 spiro atoms. The summed E-state index contributed by atoms with van der Waals surface area (Å²) in [5, 5.41) is 15.9. The van der Waals surface area contributed by atoms with Gasteiger partial charge in [-0.25, -0.2) is 9.78 Å². The predicted molar refractivity (Wildman–Crippen MR) is 120 cm³/mol. The van der Waals surface area contributed by atoms with Gasteiger partial charge in [-0.2, -0.15) is 5.10 Å². The summed E-state index contributed by atoms with van der Waals surface area (Å²) in [4.78, 5) is 15.6. The number of H-pyrrole nitrogens is 1. The van der Waals surface area contributed by atoms with Crippen LogP contribution in [0.1, 0.15) is 35.7 Å². The second-order valence-corrected chi connectivity index (χ2v) is 6.87. The predicted octanol–water partition coefficient (Wildman–Crippen LogP) is 5.42. The van der Waals surface area contributed by atoms with E-state index in [1.54, 1.807) is 12.3 Å². The molecule has 2 aromatic carbocycles. The average molecular weight is 395 g/mol. The van der Waals surface area contributed by atoms with E-state index in [0.29, 0.717) is 0 Å². The fraction of sp³-hybridized carbons (Fsp3) is 0.0800. The number of benzene rings is 2. The number of rotatable bonds is 6. The third kappa shape index (κ3) is 4.05. The highest BCUT2D eigenvalue weighted by Crippen LogP contribution is 2.34. The molecule has 5 heteroatoms. The second-order valence-electron chi connectivity index (χ2n) is 6.87. The summed E-state index contributed by atoms with van der Waals surface area (Å²) in [6.07, 6.45) is 5.29. The number of carboxylic acids is 1. The van der Waals surface area contributed by atoms with E-state index >= 15 is 0 Å². The molecule has 148 valence electrons. The molecule has 4 rings (SSSR count). The van der Waals surface area contributed by atoms with Gasteiger partial charge in [0.25, 0.3) is 0 Å². The van der Waals surface area contributed by atoms with Gasteiger partial charge in [0.05, 0.1) is 17.4 Å². The molecule has 0 fully saturated rings. The van der Waals surface area contributed by atoms with Crippen molar-refractivity contribution in [3.63, 3.8) is 0 Å². The maximum absolute atomic E-state index is 10.8. The molecule has 0 bridgehead atoms. The van der Waals surface area contributed by atoms with E-state index in [-0.39, 0.29) is 0 Å². The van der Waals surface area contributed by atoms with E-state index in [0.717, 1.165) is 51.5 Å². The molecule has 2 heterocycles. The number of aliphatic carboxylic acids is 1. The van der Waals surface area contributed by atoms with Crippen molar-refractivity contribution < 1.29 is 9.90 Å². The van der Waals surface area contributed by atoms with Gasteiger partial charge >= 0.3 is 5.97 Å². The van der Waals surface area contributed by atoms with Gasteiger partial charge < -0.3 is 5.11 Å². The molecule has 4 aromatic rings. The molecule has 0 radical (unpaired) electrons. The maximum Gasteiger partial charge on any atom is 0.328 e. The van der Waals surface area contributed by atoms with Crippen LogP contribution in [-0.4, -0.2) is 26.3 Å². The van der Waals surface area contributed by atoms with E-state index in [1.165, 1.54) is 5.57 Å². The number of hydrogen-bond acceptors (Lipinski definition) is 3. The molecular weight excluding hydrogens is 374 g/mol. The first-order valence-electron chi connectivity index (χ1n) is 9.76. The molecule has 0 unspecified atom stereocenters. The Hall–Kier alpha value is -3.99. The molecule has 0 aliphatic rings. The number of fused-ring (bicyclic) bond motifs is 1. The lowest BCUT2D eigenvalue weighted by Gasteiger charge is -2.16. The Kier molecular flexibility index (Phi) is 5.52. The molecular formula is C25H21N3O2. The Morgan fingerprint density at radius 2 is 1.77 bits per heavy atom. The van der Waals surface area contributed by atoms with Gasteiger partial charge in [0, 0.05) is 11.6 Å². The summed E-state index contributed by atoms with van der Waals surface area (Å²) in [7, 11) is 0. The van der Waals surface area contributed by atoms with Gasteiger partial charge in [-0.3, -0.25) is 5.10 Å². The highest BCUT2D eigenvalue weighted by Gasteiger charge is 2.15. The summed E-state index contributed by atoms with van der Waals surface area (Å²) >= 11 is 0. The summed E-state index contributed by atoms with van der Waals surface area (Å²) in [6, 6.07) is 22.2. The van der Waals surface area contributed by atoms with Crippen LogP contribution in [0, 0.1) is 0 Å². The number of aromatic nitrogens is 3. The number of pyridine rings is 1. The van der Waals surface area contributed by atoms with Gasteiger partial charge in [-0.1, -0.05) is 61.5 Å². The SMILES string of the molecule is CCC(=C(c1ccc(C=CC(=O)O)cc1)c1ccc2[nH]ncc2n1)c1ccccc1. The van der Waals surface area contributed by atoms with Gasteiger partial charge in [0.1, 0.15) is 5.52 Å². The number of nitrogens with zero attached hydrogens (tertiary/aromatic N) is 2. The molecule has 0 amide bonds. The normalized spacial score (nSPS) is 12.3. The van der Waals surface area contributed by atoms with Gasteiger partial charge in [0.15, 0.2) is 0 Å². The fourth-order valence-electron chi connectivity index (χ4n) is 3.54. The fourth-order valence-corrected chi connectivity index (χ4v) is 3.54. The van der Waals surface area contributed by atoms with Crippen LogP contribution in [0.5, 0.6) is 0 Å². The van der Waals surface area contributed by atoms with E-state index in [1.807, 2.05) is 54.6 Å². The highest BCUT2D eigenvalue weighted by molar-refractivity contribution is 5.98. The number of carboxylic acid groups (broad SMARTS) is 1. The molecule has 0 aliphatic heterocycles. The Morgan fingerprint density at radius 1 is 1.00 bits per heavy atom. The van der Waals surface area contributed by atoms with Gasteiger partial charge in [-0.15, -0.1) is 0 Å². The topological polar surface area (TPSA) is 78.9 Å². The number of hydrogen-bond donors (Lipinski definition) is 2. The Bertz CT molecular complexity index is 1240. The zero-order valence-electron chi connectivity index (χ0n) is 16.5. The standard InChI is InChI=1S/C25H21N3O2/c1-2-20(18-6-4-3-5-7-18)25(22-14-13-21-23(27-22)16-26-28-21)19-11-8-17(9-12-19)10-15-24(29)30/h3-16H,2H2,1H3,(H,26,28)(H,29,30). The van der Waals surface area contributed by atoms with E-state index < -0.39 is 5.97 Å². The third-order valence-electron chi connectivity index (χ3n) is 4.95. The average Bonchev–Trinajstić information content (AvgIpc) is 3.25. The Labute approximate surface area is 174 Å². The summed E-state index contributed by atoms with van der Waals surface area (Å²) in [5.74, 6) is -0.963. The molecule has 0 aliphatic carbocycles. The van der Waals surface area contributed by atoms with Crippen molar-refractivity contribution in [1.29, 1.82) is 0 Å². The van der Waals surface area contributed by atoms with E-state index in [4.69, 9.17) is 10.1 Å². The van der Waals surface area contributed by atoms with Crippen LogP contribution < -0.4 is 0 Å². The minimum Gasteiger partial charge on any atom is -0.478 e. The zero-order valence-corrected chi connectivity index (χ0v) is 16.5. The lowest BCUT2D eigenvalue weighted by Crippen LogP contribution is -1.97. The lowest BCUT2D eigenvalue weighted by atomic mass is 9.90. The molecule has 0 saturated heterocycles. The number of allylic oxidation sites excluding steroid dienone is 1. The largest absolute Gasteiger partial charge is 0.478 e. The Balaban J connectivity index is 1.89. The first kappa shape index (κ1) is 19.3. The van der Waals surface area contributed by atoms with Crippen molar-refractivity contribution in [3.8, 4) is 0 Å². The molecule has 0 atom stereocenters. The highest BCUT2D eigenvalue weighted by atomic mass is 16.4. The Morgan fingerprint density at radius 3 is 2.47 bits per heavy atom. The molecule has 5 nitrogen and oxygen atoms in total. The van der Waals surface area contributed by atoms with Crippen molar-refractivity contribution in [1.82, 2.24) is 15.2 Å². The van der Waals surface area contributed by atoms with E-state index in [9.17, 15) is 4.79 Å². The van der Waals surface area contributed by atoms with Crippen molar-refractivity contribution in [2.24, 2.45) is 0 Å². The molecule has 2 aromatic heterocycles. The maximum atomic E-state index is 10.8. The minimum atomic E-state index is -0.963. The number of aromatic amines is 1. The summed E-state index contributed by atoms with van der Waals surface area (Å²) in [5.41, 5.74) is 7.84. The van der Waals surface area contributed by atoms with Crippen LogP contribution in [0.3, 0.4) is 0 Å². The molecule has 2 N–H and O–H groups in total. The summed E-state index contributed by atoms with van der Waals surface area (Å²) in [6.45, 7) is 2.14. The van der Waals surface area contributed by atoms with Crippen LogP contribution in [0.25, 0.3) is 28.3 Å². The number of carbonyl (C=O) groups is 1. The van der Waals surface area contributed by atoms with Crippen molar-refractivity contribution >= 4 is 34.2 Å². The second kappa shape index (κ2) is 8.57.